The number of fused-ring (bicyclic) bond motifs is 2. The highest BCUT2D eigenvalue weighted by molar-refractivity contribution is 5.77. The predicted octanol–water partition coefficient (Wildman–Crippen LogP) is 2.47. The van der Waals surface area contributed by atoms with Crippen LogP contribution < -0.4 is 5.32 Å². The molecule has 0 saturated carbocycles. The lowest BCUT2D eigenvalue weighted by atomic mass is 10.0. The maximum absolute atomic E-state index is 4.89. The number of hydrogen-bond acceptors (Lipinski definition) is 3. The van der Waals surface area contributed by atoms with Gasteiger partial charge in [0.25, 0.3) is 0 Å². The van der Waals surface area contributed by atoms with Crippen molar-refractivity contribution < 1.29 is 0 Å². The average Bonchev–Trinajstić information content (AvgIpc) is 3.09. The van der Waals surface area contributed by atoms with E-state index in [1.54, 1.807) is 6.33 Å². The van der Waals surface area contributed by atoms with Crippen LogP contribution in [0.15, 0.2) is 24.5 Å². The van der Waals surface area contributed by atoms with Gasteiger partial charge in [-0.25, -0.2) is 9.97 Å². The monoisotopic (exact) mass is 281 g/mol. The van der Waals surface area contributed by atoms with Crippen molar-refractivity contribution in [3.63, 3.8) is 0 Å². The molecule has 0 fully saturated rings. The molecule has 4 rings (SSSR count). The van der Waals surface area contributed by atoms with Gasteiger partial charge in [-0.1, -0.05) is 6.07 Å². The van der Waals surface area contributed by atoms with Crippen molar-refractivity contribution in [1.29, 1.82) is 0 Å². The van der Waals surface area contributed by atoms with E-state index < -0.39 is 0 Å². The van der Waals surface area contributed by atoms with Crippen LogP contribution in [0.5, 0.6) is 0 Å². The summed E-state index contributed by atoms with van der Waals surface area (Å²) in [6, 6.07) is 6.72. The summed E-state index contributed by atoms with van der Waals surface area (Å²) in [5.41, 5.74) is 5.90. The maximum atomic E-state index is 4.89. The summed E-state index contributed by atoms with van der Waals surface area (Å²) in [5.74, 6) is 1.12. The minimum absolute atomic E-state index is 0.230. The Hall–Kier alpha value is -2.14. The van der Waals surface area contributed by atoms with Crippen LogP contribution in [0.2, 0.25) is 0 Å². The Morgan fingerprint density at radius 1 is 1.38 bits per heavy atom. The predicted molar refractivity (Wildman–Crippen MR) is 82.0 cm³/mol. The summed E-state index contributed by atoms with van der Waals surface area (Å²) < 4.78 is 2.31. The van der Waals surface area contributed by atoms with Crippen LogP contribution in [0.3, 0.4) is 0 Å². The van der Waals surface area contributed by atoms with Crippen molar-refractivity contribution in [2.75, 3.05) is 0 Å². The number of aromatic amines is 1. The molecule has 3 aromatic rings. The Balaban J connectivity index is 1.80. The fraction of sp³-hybridized carbons (Fsp3) is 0.375. The Morgan fingerprint density at radius 3 is 3.14 bits per heavy atom. The maximum Gasteiger partial charge on any atom is 0.127 e. The third-order valence-electron chi connectivity index (χ3n) is 4.29. The van der Waals surface area contributed by atoms with Gasteiger partial charge in [0, 0.05) is 19.5 Å². The van der Waals surface area contributed by atoms with Gasteiger partial charge in [0.05, 0.1) is 34.8 Å². The van der Waals surface area contributed by atoms with E-state index >= 15 is 0 Å². The second-order valence-electron chi connectivity index (χ2n) is 5.67. The van der Waals surface area contributed by atoms with E-state index in [0.717, 1.165) is 36.5 Å². The lowest BCUT2D eigenvalue weighted by Crippen LogP contribution is -2.30. The first-order valence-electron chi connectivity index (χ1n) is 7.47. The number of aryl methyl sites for hydroxylation is 2. The molecule has 0 amide bonds. The number of hydrogen-bond donors (Lipinski definition) is 2. The highest BCUT2D eigenvalue weighted by Gasteiger charge is 2.25. The Morgan fingerprint density at radius 2 is 2.29 bits per heavy atom. The van der Waals surface area contributed by atoms with E-state index in [4.69, 9.17) is 4.98 Å². The highest BCUT2D eigenvalue weighted by atomic mass is 15.1. The lowest BCUT2D eigenvalue weighted by Gasteiger charge is -2.23. The van der Waals surface area contributed by atoms with Gasteiger partial charge in [-0.3, -0.25) is 0 Å². The number of nitrogens with zero attached hydrogens (tertiary/aromatic N) is 3. The van der Waals surface area contributed by atoms with Gasteiger partial charge in [0.15, 0.2) is 0 Å². The zero-order chi connectivity index (χ0) is 14.4. The molecule has 3 heterocycles. The molecular formula is C16H19N5. The van der Waals surface area contributed by atoms with Crippen molar-refractivity contribution in [2.24, 2.45) is 0 Å². The quantitative estimate of drug-likeness (QED) is 0.758. The van der Waals surface area contributed by atoms with Crippen LogP contribution in [0.4, 0.5) is 0 Å². The van der Waals surface area contributed by atoms with E-state index in [-0.39, 0.29) is 6.04 Å². The number of rotatable bonds is 2. The van der Waals surface area contributed by atoms with E-state index in [9.17, 15) is 0 Å². The molecule has 0 saturated heterocycles. The second kappa shape index (κ2) is 4.70. The number of imidazole rings is 2. The molecule has 0 bridgehead atoms. The van der Waals surface area contributed by atoms with Gasteiger partial charge in [-0.15, -0.1) is 0 Å². The highest BCUT2D eigenvalue weighted by Crippen LogP contribution is 2.27. The lowest BCUT2D eigenvalue weighted by molar-refractivity contribution is 0.452. The van der Waals surface area contributed by atoms with Crippen molar-refractivity contribution >= 4 is 11.0 Å². The molecule has 108 valence electrons. The van der Waals surface area contributed by atoms with E-state index in [0.29, 0.717) is 0 Å². The second-order valence-corrected chi connectivity index (χ2v) is 5.67. The normalized spacial score (nSPS) is 18.1. The van der Waals surface area contributed by atoms with Crippen molar-refractivity contribution in [1.82, 2.24) is 24.8 Å². The Bertz CT molecular complexity index is 798. The van der Waals surface area contributed by atoms with E-state index in [2.05, 4.69) is 51.9 Å². The molecule has 0 spiro atoms. The molecule has 1 unspecified atom stereocenters. The van der Waals surface area contributed by atoms with Crippen LogP contribution in [0.25, 0.3) is 11.0 Å². The molecule has 5 heteroatoms. The van der Waals surface area contributed by atoms with Crippen LogP contribution >= 0.6 is 0 Å². The Labute approximate surface area is 123 Å². The molecule has 1 aliphatic heterocycles. The summed E-state index contributed by atoms with van der Waals surface area (Å²) in [6.45, 7) is 6.04. The zero-order valence-corrected chi connectivity index (χ0v) is 12.3. The molecule has 1 aliphatic rings. The van der Waals surface area contributed by atoms with E-state index in [1.807, 2.05) is 0 Å². The number of nitrogens with one attached hydrogen (secondary N) is 2. The first kappa shape index (κ1) is 12.6. The SMILES string of the molecule is CCn1c(C2Cc3nc[nH]c3CN2)nc2cc(C)ccc21. The zero-order valence-electron chi connectivity index (χ0n) is 12.3. The van der Waals surface area contributed by atoms with Gasteiger partial charge in [0.1, 0.15) is 5.82 Å². The van der Waals surface area contributed by atoms with Gasteiger partial charge in [-0.2, -0.15) is 0 Å². The first-order chi connectivity index (χ1) is 10.3. The topological polar surface area (TPSA) is 58.5 Å². The first-order valence-corrected chi connectivity index (χ1v) is 7.47. The minimum atomic E-state index is 0.230. The summed E-state index contributed by atoms with van der Waals surface area (Å²) in [5, 5.41) is 3.57. The Kier molecular flexibility index (Phi) is 2.82. The van der Waals surface area contributed by atoms with Gasteiger partial charge < -0.3 is 14.9 Å². The third kappa shape index (κ3) is 1.96. The molecule has 5 nitrogen and oxygen atoms in total. The fourth-order valence-electron chi connectivity index (χ4n) is 3.21. The number of H-pyrrole nitrogens is 1. The molecule has 0 radical (unpaired) electrons. The third-order valence-corrected chi connectivity index (χ3v) is 4.29. The largest absolute Gasteiger partial charge is 0.347 e. The van der Waals surface area contributed by atoms with Gasteiger partial charge >= 0.3 is 0 Å². The van der Waals surface area contributed by atoms with Crippen molar-refractivity contribution in [3.05, 3.63) is 47.3 Å². The average molecular weight is 281 g/mol. The molecule has 2 N–H and O–H groups in total. The summed E-state index contributed by atoms with van der Waals surface area (Å²) in [4.78, 5) is 12.5. The number of benzene rings is 1. The van der Waals surface area contributed by atoms with Crippen LogP contribution in [0, 0.1) is 6.92 Å². The molecule has 1 aromatic carbocycles. The smallest absolute Gasteiger partial charge is 0.127 e. The molecule has 0 aliphatic carbocycles. The molecule has 1 atom stereocenters. The van der Waals surface area contributed by atoms with E-state index in [1.165, 1.54) is 16.8 Å². The molecular weight excluding hydrogens is 262 g/mol. The molecule has 2 aromatic heterocycles. The van der Waals surface area contributed by atoms with Crippen LogP contribution in [-0.4, -0.2) is 19.5 Å². The van der Waals surface area contributed by atoms with Gasteiger partial charge in [0.2, 0.25) is 0 Å². The summed E-state index contributed by atoms with van der Waals surface area (Å²) in [6.07, 6.45) is 2.67. The van der Waals surface area contributed by atoms with Crippen LogP contribution in [0.1, 0.15) is 35.7 Å². The van der Waals surface area contributed by atoms with Gasteiger partial charge in [-0.05, 0) is 31.5 Å². The fourth-order valence-corrected chi connectivity index (χ4v) is 3.21. The standard InChI is InChI=1S/C16H19N5/c1-3-21-15-5-4-10(2)6-12(15)20-16(21)13-7-11-14(8-17-13)19-9-18-11/h4-6,9,13,17H,3,7-8H2,1-2H3,(H,18,19). The molecule has 21 heavy (non-hydrogen) atoms. The minimum Gasteiger partial charge on any atom is -0.347 e. The summed E-state index contributed by atoms with van der Waals surface area (Å²) in [7, 11) is 0. The van der Waals surface area contributed by atoms with Crippen molar-refractivity contribution in [2.45, 2.75) is 39.4 Å². The number of aromatic nitrogens is 4. The van der Waals surface area contributed by atoms with Crippen LogP contribution in [-0.2, 0) is 19.5 Å². The summed E-state index contributed by atoms with van der Waals surface area (Å²) >= 11 is 0. The van der Waals surface area contributed by atoms with Crippen molar-refractivity contribution in [3.8, 4) is 0 Å².